The molecule has 1 unspecified atom stereocenters. The molecule has 1 rings (SSSR count). The summed E-state index contributed by atoms with van der Waals surface area (Å²) in [6.07, 6.45) is 6.88. The van der Waals surface area contributed by atoms with Crippen LogP contribution >= 0.6 is 0 Å². The van der Waals surface area contributed by atoms with Crippen LogP contribution in [-0.4, -0.2) is 37.1 Å². The summed E-state index contributed by atoms with van der Waals surface area (Å²) in [5, 5.41) is 3.59. The van der Waals surface area contributed by atoms with Crippen molar-refractivity contribution in [2.24, 2.45) is 0 Å². The van der Waals surface area contributed by atoms with Crippen molar-refractivity contribution in [2.75, 3.05) is 26.2 Å². The lowest BCUT2D eigenvalue weighted by molar-refractivity contribution is 0.201. The standard InChI is InChI=1S/C12H26N2/c1-3-8-12(13-4-2)11-14-9-6-5-7-10-14/h12-13H,3-11H2,1-2H3. The normalized spacial score (nSPS) is 21.0. The van der Waals surface area contributed by atoms with Gasteiger partial charge >= 0.3 is 0 Å². The Hall–Kier alpha value is -0.0800. The van der Waals surface area contributed by atoms with Crippen molar-refractivity contribution >= 4 is 0 Å². The van der Waals surface area contributed by atoms with Crippen LogP contribution in [0.25, 0.3) is 0 Å². The molecule has 1 aliphatic heterocycles. The summed E-state index contributed by atoms with van der Waals surface area (Å²) >= 11 is 0. The minimum atomic E-state index is 0.725. The maximum absolute atomic E-state index is 3.59. The minimum absolute atomic E-state index is 0.725. The number of piperidine rings is 1. The lowest BCUT2D eigenvalue weighted by Crippen LogP contribution is -2.42. The van der Waals surface area contributed by atoms with E-state index in [4.69, 9.17) is 0 Å². The number of nitrogens with one attached hydrogen (secondary N) is 1. The van der Waals surface area contributed by atoms with Crippen LogP contribution in [0.5, 0.6) is 0 Å². The Morgan fingerprint density at radius 2 is 1.86 bits per heavy atom. The second-order valence-electron chi connectivity index (χ2n) is 4.40. The lowest BCUT2D eigenvalue weighted by atomic mass is 10.1. The van der Waals surface area contributed by atoms with Crippen molar-refractivity contribution in [3.63, 3.8) is 0 Å². The van der Waals surface area contributed by atoms with Crippen molar-refractivity contribution in [1.82, 2.24) is 10.2 Å². The number of nitrogens with zero attached hydrogens (tertiary/aromatic N) is 1. The molecule has 1 saturated heterocycles. The first-order chi connectivity index (χ1) is 6.86. The Balaban J connectivity index is 2.21. The summed E-state index contributed by atoms with van der Waals surface area (Å²) in [5.41, 5.74) is 0. The van der Waals surface area contributed by atoms with E-state index in [1.54, 1.807) is 0 Å². The molecule has 0 spiro atoms. The van der Waals surface area contributed by atoms with Gasteiger partial charge in [0.1, 0.15) is 0 Å². The molecule has 84 valence electrons. The topological polar surface area (TPSA) is 15.3 Å². The fraction of sp³-hybridized carbons (Fsp3) is 1.00. The third-order valence-corrected chi connectivity index (χ3v) is 3.06. The van der Waals surface area contributed by atoms with Crippen LogP contribution in [0.3, 0.4) is 0 Å². The molecular formula is C12H26N2. The van der Waals surface area contributed by atoms with Crippen LogP contribution in [-0.2, 0) is 0 Å². The zero-order valence-electron chi connectivity index (χ0n) is 9.89. The van der Waals surface area contributed by atoms with Crippen LogP contribution in [0.15, 0.2) is 0 Å². The molecule has 0 aliphatic carbocycles. The monoisotopic (exact) mass is 198 g/mol. The van der Waals surface area contributed by atoms with Gasteiger partial charge in [0.2, 0.25) is 0 Å². The Morgan fingerprint density at radius 1 is 1.14 bits per heavy atom. The molecule has 0 saturated carbocycles. The van der Waals surface area contributed by atoms with Gasteiger partial charge in [0.15, 0.2) is 0 Å². The highest BCUT2D eigenvalue weighted by molar-refractivity contribution is 4.73. The zero-order valence-corrected chi connectivity index (χ0v) is 9.89. The van der Waals surface area contributed by atoms with E-state index in [9.17, 15) is 0 Å². The zero-order chi connectivity index (χ0) is 10.2. The highest BCUT2D eigenvalue weighted by atomic mass is 15.1. The molecule has 1 heterocycles. The fourth-order valence-corrected chi connectivity index (χ4v) is 2.35. The van der Waals surface area contributed by atoms with Crippen molar-refractivity contribution in [1.29, 1.82) is 0 Å². The molecule has 1 N–H and O–H groups in total. The van der Waals surface area contributed by atoms with Gasteiger partial charge in [0.05, 0.1) is 0 Å². The van der Waals surface area contributed by atoms with Gasteiger partial charge in [-0.2, -0.15) is 0 Å². The summed E-state index contributed by atoms with van der Waals surface area (Å²) in [7, 11) is 0. The molecule has 0 aromatic rings. The Morgan fingerprint density at radius 3 is 2.43 bits per heavy atom. The largest absolute Gasteiger partial charge is 0.313 e. The van der Waals surface area contributed by atoms with Crippen molar-refractivity contribution in [3.8, 4) is 0 Å². The fourth-order valence-electron chi connectivity index (χ4n) is 2.35. The van der Waals surface area contributed by atoms with E-state index in [0.717, 1.165) is 12.6 Å². The van der Waals surface area contributed by atoms with E-state index in [2.05, 4.69) is 24.1 Å². The molecule has 0 radical (unpaired) electrons. The number of hydrogen-bond donors (Lipinski definition) is 1. The Labute approximate surface area is 89.1 Å². The van der Waals surface area contributed by atoms with Gasteiger partial charge in [0.25, 0.3) is 0 Å². The summed E-state index contributed by atoms with van der Waals surface area (Å²) in [6, 6.07) is 0.725. The van der Waals surface area contributed by atoms with E-state index in [1.165, 1.54) is 51.7 Å². The van der Waals surface area contributed by atoms with Crippen LogP contribution in [0, 0.1) is 0 Å². The number of rotatable bonds is 6. The van der Waals surface area contributed by atoms with Crippen LogP contribution in [0.2, 0.25) is 0 Å². The van der Waals surface area contributed by atoms with E-state index >= 15 is 0 Å². The maximum Gasteiger partial charge on any atom is 0.0194 e. The Bertz CT molecular complexity index is 124. The van der Waals surface area contributed by atoms with Gasteiger partial charge in [-0.3, -0.25) is 0 Å². The van der Waals surface area contributed by atoms with Crippen molar-refractivity contribution in [2.45, 2.75) is 52.0 Å². The highest BCUT2D eigenvalue weighted by Gasteiger charge is 2.14. The van der Waals surface area contributed by atoms with Gasteiger partial charge in [-0.15, -0.1) is 0 Å². The number of likely N-dealkylation sites (tertiary alicyclic amines) is 1. The summed E-state index contributed by atoms with van der Waals surface area (Å²) in [5.74, 6) is 0. The molecule has 1 fully saturated rings. The van der Waals surface area contributed by atoms with Gasteiger partial charge in [-0.1, -0.05) is 26.7 Å². The smallest absolute Gasteiger partial charge is 0.0194 e. The van der Waals surface area contributed by atoms with E-state index < -0.39 is 0 Å². The van der Waals surface area contributed by atoms with E-state index in [1.807, 2.05) is 0 Å². The van der Waals surface area contributed by atoms with Gasteiger partial charge in [-0.25, -0.2) is 0 Å². The highest BCUT2D eigenvalue weighted by Crippen LogP contribution is 2.10. The first kappa shape index (κ1) is 12.0. The molecule has 2 nitrogen and oxygen atoms in total. The summed E-state index contributed by atoms with van der Waals surface area (Å²) in [6.45, 7) is 9.51. The lowest BCUT2D eigenvalue weighted by Gasteiger charge is -2.30. The van der Waals surface area contributed by atoms with Gasteiger partial charge < -0.3 is 10.2 Å². The first-order valence-electron chi connectivity index (χ1n) is 6.32. The van der Waals surface area contributed by atoms with E-state index in [-0.39, 0.29) is 0 Å². The second kappa shape index (κ2) is 7.24. The predicted molar refractivity (Wildman–Crippen MR) is 62.7 cm³/mol. The number of hydrogen-bond acceptors (Lipinski definition) is 2. The average molecular weight is 198 g/mol. The molecule has 1 aliphatic rings. The summed E-state index contributed by atoms with van der Waals surface area (Å²) < 4.78 is 0. The Kier molecular flexibility index (Phi) is 6.20. The third-order valence-electron chi connectivity index (χ3n) is 3.06. The quantitative estimate of drug-likeness (QED) is 0.704. The molecule has 0 aromatic carbocycles. The van der Waals surface area contributed by atoms with Crippen molar-refractivity contribution < 1.29 is 0 Å². The van der Waals surface area contributed by atoms with Gasteiger partial charge in [0, 0.05) is 12.6 Å². The summed E-state index contributed by atoms with van der Waals surface area (Å²) in [4.78, 5) is 2.63. The SMILES string of the molecule is CCCC(CN1CCCCC1)NCC. The first-order valence-corrected chi connectivity index (χ1v) is 6.32. The van der Waals surface area contributed by atoms with Crippen molar-refractivity contribution in [3.05, 3.63) is 0 Å². The van der Waals surface area contributed by atoms with Crippen LogP contribution in [0.1, 0.15) is 46.0 Å². The maximum atomic E-state index is 3.59. The predicted octanol–water partition coefficient (Wildman–Crippen LogP) is 2.25. The van der Waals surface area contributed by atoms with Gasteiger partial charge in [-0.05, 0) is 38.9 Å². The second-order valence-corrected chi connectivity index (χ2v) is 4.40. The minimum Gasteiger partial charge on any atom is -0.313 e. The van der Waals surface area contributed by atoms with E-state index in [0.29, 0.717) is 0 Å². The number of likely N-dealkylation sites (N-methyl/N-ethyl adjacent to an activating group) is 1. The molecule has 0 bridgehead atoms. The molecule has 14 heavy (non-hydrogen) atoms. The molecule has 0 aromatic heterocycles. The molecule has 0 amide bonds. The molecule has 2 heteroatoms. The average Bonchev–Trinajstić information content (AvgIpc) is 2.20. The van der Waals surface area contributed by atoms with Crippen LogP contribution in [0.4, 0.5) is 0 Å². The molecular weight excluding hydrogens is 172 g/mol. The molecule has 1 atom stereocenters. The van der Waals surface area contributed by atoms with Crippen LogP contribution < -0.4 is 5.32 Å². The third kappa shape index (κ3) is 4.43.